The van der Waals surface area contributed by atoms with E-state index in [9.17, 15) is 4.79 Å². The predicted molar refractivity (Wildman–Crippen MR) is 150 cm³/mol. The van der Waals surface area contributed by atoms with Crippen LogP contribution in [0.5, 0.6) is 0 Å². The molecule has 9 nitrogen and oxygen atoms in total. The van der Waals surface area contributed by atoms with Crippen LogP contribution in [-0.4, -0.2) is 51.0 Å². The molecule has 40 heavy (non-hydrogen) atoms. The zero-order chi connectivity index (χ0) is 28.0. The molecule has 3 aromatic carbocycles. The molecule has 0 N–H and O–H groups in total. The molecule has 210 valence electrons. The lowest BCUT2D eigenvalue weighted by molar-refractivity contribution is -0.185. The van der Waals surface area contributed by atoms with Gasteiger partial charge < -0.3 is 19.0 Å². The van der Waals surface area contributed by atoms with Crippen molar-refractivity contribution in [3.05, 3.63) is 95.8 Å². The number of carbonyl (C=O) groups is 1. The zero-order valence-electron chi connectivity index (χ0n) is 23.2. The second kappa shape index (κ2) is 12.6. The van der Waals surface area contributed by atoms with Gasteiger partial charge in [0.15, 0.2) is 0 Å². The highest BCUT2D eigenvalue weighted by atomic mass is 16.8. The van der Waals surface area contributed by atoms with Crippen LogP contribution in [0.1, 0.15) is 50.1 Å². The molecule has 5 rings (SSSR count). The molecule has 0 bridgehead atoms. The van der Waals surface area contributed by atoms with E-state index in [0.29, 0.717) is 39.3 Å². The van der Waals surface area contributed by atoms with E-state index >= 15 is 0 Å². The number of hydrogen-bond donors (Lipinski definition) is 0. The Morgan fingerprint density at radius 2 is 1.70 bits per heavy atom. The van der Waals surface area contributed by atoms with E-state index < -0.39 is 11.8 Å². The van der Waals surface area contributed by atoms with Crippen molar-refractivity contribution in [2.75, 3.05) is 13.1 Å². The average molecular weight is 545 g/mol. The van der Waals surface area contributed by atoms with E-state index in [1.165, 1.54) is 5.39 Å². The summed E-state index contributed by atoms with van der Waals surface area (Å²) in [6, 6.07) is 24.5. The maximum Gasteiger partial charge on any atom is 0.528 e. The number of benzene rings is 3. The van der Waals surface area contributed by atoms with E-state index in [1.807, 2.05) is 74.1 Å². The van der Waals surface area contributed by atoms with Crippen LogP contribution >= 0.6 is 0 Å². The minimum absolute atomic E-state index is 0.0886. The highest BCUT2D eigenvalue weighted by molar-refractivity contribution is 5.82. The van der Waals surface area contributed by atoms with Crippen LogP contribution in [0.4, 0.5) is 4.79 Å². The highest BCUT2D eigenvalue weighted by Gasteiger charge is 2.35. The number of ether oxygens (including phenoxy) is 3. The van der Waals surface area contributed by atoms with Gasteiger partial charge in [0, 0.05) is 6.54 Å². The molecule has 1 fully saturated rings. The lowest BCUT2D eigenvalue weighted by Crippen LogP contribution is -2.47. The molecular formula is C31H36N4O5. The van der Waals surface area contributed by atoms with Crippen molar-refractivity contribution in [2.24, 2.45) is 0 Å². The zero-order valence-corrected chi connectivity index (χ0v) is 23.2. The quantitative estimate of drug-likeness (QED) is 0.243. The second-order valence-electron chi connectivity index (χ2n) is 11.0. The number of hydrogen-bond acceptors (Lipinski definition) is 8. The van der Waals surface area contributed by atoms with Crippen LogP contribution in [0.3, 0.4) is 0 Å². The third-order valence-electron chi connectivity index (χ3n) is 6.62. The van der Waals surface area contributed by atoms with Crippen molar-refractivity contribution < 1.29 is 23.8 Å². The highest BCUT2D eigenvalue weighted by Crippen LogP contribution is 2.27. The van der Waals surface area contributed by atoms with Crippen LogP contribution in [0.15, 0.2) is 79.0 Å². The van der Waals surface area contributed by atoms with Gasteiger partial charge in [0.05, 0.1) is 44.7 Å². The average Bonchev–Trinajstić information content (AvgIpc) is 3.40. The number of nitrogens with zero attached hydrogens (tertiary/aromatic N) is 4. The first-order chi connectivity index (χ1) is 19.3. The van der Waals surface area contributed by atoms with Gasteiger partial charge in [-0.15, -0.1) is 10.2 Å². The number of piperidine rings is 1. The van der Waals surface area contributed by atoms with Crippen molar-refractivity contribution in [1.82, 2.24) is 20.1 Å². The molecule has 4 aromatic rings. The molecule has 2 atom stereocenters. The standard InChI is InChI=1S/C31H36N4O5/c1-31(2,3)39-30(36)40-34-16-15-28(35-18-27(32-33-35)22-37-20-23-9-5-4-6-10-23)29(19-34)38-21-24-13-14-25-11-7-8-12-26(25)17-24/h4-14,17-18,28-29H,15-16,19-22H2,1-3H3. The summed E-state index contributed by atoms with van der Waals surface area (Å²) in [7, 11) is 0. The number of aromatic nitrogens is 3. The third-order valence-corrected chi connectivity index (χ3v) is 6.62. The van der Waals surface area contributed by atoms with Gasteiger partial charge in [-0.25, -0.2) is 9.48 Å². The van der Waals surface area contributed by atoms with Gasteiger partial charge in [0.25, 0.3) is 0 Å². The summed E-state index contributed by atoms with van der Waals surface area (Å²) in [5.41, 5.74) is 2.28. The number of fused-ring (bicyclic) bond motifs is 1. The lowest BCUT2D eigenvalue weighted by Gasteiger charge is -2.36. The predicted octanol–water partition coefficient (Wildman–Crippen LogP) is 5.85. The fourth-order valence-electron chi connectivity index (χ4n) is 4.72. The number of hydroxylamine groups is 2. The van der Waals surface area contributed by atoms with Gasteiger partial charge in [-0.3, -0.25) is 0 Å². The Bertz CT molecular complexity index is 1400. The normalized spacial score (nSPS) is 18.1. The molecule has 0 saturated carbocycles. The summed E-state index contributed by atoms with van der Waals surface area (Å²) in [5.74, 6) is 0. The summed E-state index contributed by atoms with van der Waals surface area (Å²) in [4.78, 5) is 17.8. The molecule has 1 aromatic heterocycles. The molecule has 0 spiro atoms. The SMILES string of the molecule is CC(C)(C)OC(=O)ON1CCC(n2cc(COCc3ccccc3)nn2)C(OCc2ccc3ccccc3c2)C1. The summed E-state index contributed by atoms with van der Waals surface area (Å²) < 4.78 is 19.5. The van der Waals surface area contributed by atoms with Crippen LogP contribution < -0.4 is 0 Å². The van der Waals surface area contributed by atoms with Crippen molar-refractivity contribution in [1.29, 1.82) is 0 Å². The Morgan fingerprint density at radius 3 is 2.50 bits per heavy atom. The van der Waals surface area contributed by atoms with E-state index in [0.717, 1.165) is 22.2 Å². The van der Waals surface area contributed by atoms with Crippen LogP contribution in [-0.2, 0) is 38.9 Å². The Labute approximate surface area is 234 Å². The minimum atomic E-state index is -0.724. The maximum absolute atomic E-state index is 12.3. The Balaban J connectivity index is 1.25. The molecular weight excluding hydrogens is 508 g/mol. The maximum atomic E-state index is 12.3. The molecule has 2 unspecified atom stereocenters. The Kier molecular flexibility index (Phi) is 8.74. The Hall–Kier alpha value is -3.79. The fraction of sp³-hybridized carbons (Fsp3) is 0.387. The van der Waals surface area contributed by atoms with Gasteiger partial charge >= 0.3 is 6.16 Å². The molecule has 0 amide bonds. The number of rotatable bonds is 9. The van der Waals surface area contributed by atoms with Gasteiger partial charge in [-0.2, -0.15) is 0 Å². The molecule has 2 heterocycles. The van der Waals surface area contributed by atoms with Gasteiger partial charge in [-0.05, 0) is 55.2 Å². The third kappa shape index (κ3) is 7.65. The topological polar surface area (TPSA) is 87.9 Å². The van der Waals surface area contributed by atoms with Crippen LogP contribution in [0.2, 0.25) is 0 Å². The van der Waals surface area contributed by atoms with Crippen molar-refractivity contribution in [3.8, 4) is 0 Å². The number of carbonyl (C=O) groups excluding carboxylic acids is 1. The molecule has 1 aliphatic rings. The molecule has 0 aliphatic carbocycles. The van der Waals surface area contributed by atoms with Gasteiger partial charge in [0.1, 0.15) is 11.3 Å². The molecule has 0 radical (unpaired) electrons. The van der Waals surface area contributed by atoms with E-state index in [2.05, 4.69) is 40.6 Å². The summed E-state index contributed by atoms with van der Waals surface area (Å²) in [5, 5.41) is 12.7. The first-order valence-corrected chi connectivity index (χ1v) is 13.6. The molecule has 9 heteroatoms. The summed E-state index contributed by atoms with van der Waals surface area (Å²) >= 11 is 0. The van der Waals surface area contributed by atoms with Crippen molar-refractivity contribution in [2.45, 2.75) is 64.8 Å². The van der Waals surface area contributed by atoms with Gasteiger partial charge in [0.2, 0.25) is 0 Å². The Morgan fingerprint density at radius 1 is 0.925 bits per heavy atom. The largest absolute Gasteiger partial charge is 0.528 e. The van der Waals surface area contributed by atoms with Crippen molar-refractivity contribution >= 4 is 16.9 Å². The van der Waals surface area contributed by atoms with E-state index in [-0.39, 0.29) is 12.1 Å². The fourth-order valence-corrected chi connectivity index (χ4v) is 4.72. The van der Waals surface area contributed by atoms with Crippen LogP contribution in [0.25, 0.3) is 10.8 Å². The van der Waals surface area contributed by atoms with E-state index in [1.54, 1.807) is 5.06 Å². The first-order valence-electron chi connectivity index (χ1n) is 13.6. The molecule has 1 saturated heterocycles. The smallest absolute Gasteiger partial charge is 0.427 e. The minimum Gasteiger partial charge on any atom is -0.427 e. The molecule has 1 aliphatic heterocycles. The van der Waals surface area contributed by atoms with E-state index in [4.69, 9.17) is 19.0 Å². The monoisotopic (exact) mass is 544 g/mol. The lowest BCUT2D eigenvalue weighted by atomic mass is 10.0. The van der Waals surface area contributed by atoms with Crippen molar-refractivity contribution in [3.63, 3.8) is 0 Å². The first kappa shape index (κ1) is 27.8. The summed E-state index contributed by atoms with van der Waals surface area (Å²) in [6.07, 6.45) is 1.53. The van der Waals surface area contributed by atoms with Crippen LogP contribution in [0, 0.1) is 0 Å². The second-order valence-corrected chi connectivity index (χ2v) is 11.0. The van der Waals surface area contributed by atoms with Gasteiger partial charge in [-0.1, -0.05) is 71.9 Å². The summed E-state index contributed by atoms with van der Waals surface area (Å²) in [6.45, 7) is 7.58.